The lowest BCUT2D eigenvalue weighted by Crippen LogP contribution is -2.15. The zero-order chi connectivity index (χ0) is 13.1. The third-order valence-corrected chi connectivity index (χ3v) is 2.95. The van der Waals surface area contributed by atoms with Crippen molar-refractivity contribution in [3.63, 3.8) is 0 Å². The number of carbonyl (C=O) groups excluding carboxylic acids is 1. The van der Waals surface area contributed by atoms with Crippen LogP contribution in [0.3, 0.4) is 0 Å². The van der Waals surface area contributed by atoms with Crippen LogP contribution in [0.15, 0.2) is 11.1 Å². The largest absolute Gasteiger partial charge is 0.299 e. The summed E-state index contributed by atoms with van der Waals surface area (Å²) < 4.78 is 0. The van der Waals surface area contributed by atoms with Gasteiger partial charge in [-0.15, -0.1) is 0 Å². The zero-order valence-electron chi connectivity index (χ0n) is 12.3. The van der Waals surface area contributed by atoms with Gasteiger partial charge in [-0.3, -0.25) is 4.79 Å². The first kappa shape index (κ1) is 15.4. The Hall–Kier alpha value is -0.590. The van der Waals surface area contributed by atoms with Crippen LogP contribution in [0, 0.1) is 10.8 Å². The van der Waals surface area contributed by atoms with Gasteiger partial charge in [-0.25, -0.2) is 0 Å². The first-order valence-corrected chi connectivity index (χ1v) is 6.12. The second kappa shape index (κ2) is 5.16. The number of hydrogen-bond donors (Lipinski definition) is 0. The van der Waals surface area contributed by atoms with E-state index in [1.165, 1.54) is 11.1 Å². The topological polar surface area (TPSA) is 17.1 Å². The fourth-order valence-electron chi connectivity index (χ4n) is 1.72. The molecule has 0 bridgehead atoms. The smallest absolute Gasteiger partial charge is 0.137 e. The van der Waals surface area contributed by atoms with E-state index in [9.17, 15) is 4.79 Å². The van der Waals surface area contributed by atoms with E-state index in [1.54, 1.807) is 0 Å². The number of hydrogen-bond acceptors (Lipinski definition) is 1. The molecule has 0 amide bonds. The lowest BCUT2D eigenvalue weighted by Gasteiger charge is -2.23. The summed E-state index contributed by atoms with van der Waals surface area (Å²) in [6.07, 6.45) is 1.28. The maximum absolute atomic E-state index is 11.9. The summed E-state index contributed by atoms with van der Waals surface area (Å²) >= 11 is 0. The highest BCUT2D eigenvalue weighted by Gasteiger charge is 2.19. The number of carbonyl (C=O) groups is 1. The van der Waals surface area contributed by atoms with E-state index in [0.717, 1.165) is 0 Å². The first-order chi connectivity index (χ1) is 6.93. The third kappa shape index (κ3) is 6.09. The standard InChI is InChI=1S/C15H28O/c1-11(12(2)15(6,7)8)9-13(16)10-14(3,4)5/h9-10H2,1-8H3/b12-11-. The summed E-state index contributed by atoms with van der Waals surface area (Å²) in [6.45, 7) is 17.1. The molecule has 0 rings (SSSR count). The summed E-state index contributed by atoms with van der Waals surface area (Å²) in [5.74, 6) is 0.355. The quantitative estimate of drug-likeness (QED) is 0.631. The molecule has 16 heavy (non-hydrogen) atoms. The van der Waals surface area contributed by atoms with Crippen LogP contribution in [0.5, 0.6) is 0 Å². The Morgan fingerprint density at radius 1 is 0.938 bits per heavy atom. The average Bonchev–Trinajstić information content (AvgIpc) is 1.96. The minimum absolute atomic E-state index is 0.104. The summed E-state index contributed by atoms with van der Waals surface area (Å²) in [6, 6.07) is 0. The van der Waals surface area contributed by atoms with Gasteiger partial charge in [0.25, 0.3) is 0 Å². The molecule has 1 nitrogen and oxygen atoms in total. The molecule has 0 spiro atoms. The molecule has 0 aliphatic rings. The SMILES string of the molecule is C/C(CC(=O)CC(C)(C)C)=C(\C)C(C)(C)C. The van der Waals surface area contributed by atoms with Crippen molar-refractivity contribution in [1.82, 2.24) is 0 Å². The molecule has 0 aromatic carbocycles. The first-order valence-electron chi connectivity index (χ1n) is 6.12. The van der Waals surface area contributed by atoms with Gasteiger partial charge in [0.2, 0.25) is 0 Å². The van der Waals surface area contributed by atoms with Crippen LogP contribution in [0.4, 0.5) is 0 Å². The van der Waals surface area contributed by atoms with Gasteiger partial charge in [-0.1, -0.05) is 52.7 Å². The maximum atomic E-state index is 11.9. The molecule has 0 aromatic heterocycles. The molecular formula is C15H28O. The Labute approximate surface area is 101 Å². The summed E-state index contributed by atoms with van der Waals surface area (Å²) in [7, 11) is 0. The Morgan fingerprint density at radius 3 is 1.69 bits per heavy atom. The van der Waals surface area contributed by atoms with Crippen LogP contribution < -0.4 is 0 Å². The Balaban J connectivity index is 4.58. The molecule has 94 valence electrons. The van der Waals surface area contributed by atoms with E-state index in [-0.39, 0.29) is 10.8 Å². The minimum atomic E-state index is 0.104. The van der Waals surface area contributed by atoms with Gasteiger partial charge >= 0.3 is 0 Å². The van der Waals surface area contributed by atoms with E-state index < -0.39 is 0 Å². The van der Waals surface area contributed by atoms with E-state index in [2.05, 4.69) is 55.4 Å². The normalized spacial score (nSPS) is 14.8. The van der Waals surface area contributed by atoms with Crippen LogP contribution >= 0.6 is 0 Å². The summed E-state index contributed by atoms with van der Waals surface area (Å²) in [5, 5.41) is 0. The number of Topliss-reactive ketones (excluding diaryl/α,β-unsaturated/α-hetero) is 1. The maximum Gasteiger partial charge on any atom is 0.137 e. The predicted octanol–water partition coefficient (Wildman–Crippen LogP) is 4.76. The molecule has 0 fully saturated rings. The molecule has 1 heteroatoms. The molecule has 0 heterocycles. The molecule has 0 saturated carbocycles. The molecular weight excluding hydrogens is 196 g/mol. The molecule has 0 N–H and O–H groups in total. The van der Waals surface area contributed by atoms with Crippen LogP contribution in [-0.2, 0) is 4.79 Å². The Bertz CT molecular complexity index is 282. The van der Waals surface area contributed by atoms with Crippen LogP contribution in [0.1, 0.15) is 68.2 Å². The summed E-state index contributed by atoms with van der Waals surface area (Å²) in [4.78, 5) is 11.9. The van der Waals surface area contributed by atoms with Crippen LogP contribution in [0.25, 0.3) is 0 Å². The highest BCUT2D eigenvalue weighted by Crippen LogP contribution is 2.29. The second-order valence-corrected chi connectivity index (χ2v) is 7.11. The van der Waals surface area contributed by atoms with E-state index in [1.807, 2.05) is 0 Å². The van der Waals surface area contributed by atoms with Crippen molar-refractivity contribution in [1.29, 1.82) is 0 Å². The fraction of sp³-hybridized carbons (Fsp3) is 0.800. The van der Waals surface area contributed by atoms with E-state index in [4.69, 9.17) is 0 Å². The van der Waals surface area contributed by atoms with Crippen molar-refractivity contribution >= 4 is 5.78 Å². The van der Waals surface area contributed by atoms with Gasteiger partial charge in [-0.05, 0) is 24.7 Å². The Morgan fingerprint density at radius 2 is 1.38 bits per heavy atom. The van der Waals surface area contributed by atoms with Crippen molar-refractivity contribution in [2.45, 2.75) is 68.2 Å². The van der Waals surface area contributed by atoms with Gasteiger partial charge in [0.05, 0.1) is 0 Å². The van der Waals surface area contributed by atoms with Crippen molar-refractivity contribution in [2.75, 3.05) is 0 Å². The minimum Gasteiger partial charge on any atom is -0.299 e. The van der Waals surface area contributed by atoms with Gasteiger partial charge in [-0.2, -0.15) is 0 Å². The van der Waals surface area contributed by atoms with Gasteiger partial charge in [0.15, 0.2) is 0 Å². The lowest BCUT2D eigenvalue weighted by atomic mass is 9.82. The van der Waals surface area contributed by atoms with Crippen molar-refractivity contribution in [3.8, 4) is 0 Å². The van der Waals surface area contributed by atoms with Gasteiger partial charge < -0.3 is 0 Å². The molecule has 0 aliphatic heterocycles. The molecule has 0 saturated heterocycles. The molecule has 0 aromatic rings. The zero-order valence-corrected chi connectivity index (χ0v) is 12.3. The highest BCUT2D eigenvalue weighted by atomic mass is 16.1. The summed E-state index contributed by atoms with van der Waals surface area (Å²) in [5.41, 5.74) is 2.86. The van der Waals surface area contributed by atoms with Crippen LogP contribution in [-0.4, -0.2) is 5.78 Å². The molecule has 0 atom stereocenters. The average molecular weight is 224 g/mol. The van der Waals surface area contributed by atoms with Crippen molar-refractivity contribution < 1.29 is 4.79 Å². The molecule has 0 unspecified atom stereocenters. The van der Waals surface area contributed by atoms with Crippen molar-refractivity contribution in [3.05, 3.63) is 11.1 Å². The predicted molar refractivity (Wildman–Crippen MR) is 71.5 cm³/mol. The number of ketones is 1. The lowest BCUT2D eigenvalue weighted by molar-refractivity contribution is -0.120. The number of rotatable bonds is 3. The fourth-order valence-corrected chi connectivity index (χ4v) is 1.72. The van der Waals surface area contributed by atoms with Crippen molar-refractivity contribution in [2.24, 2.45) is 10.8 Å². The van der Waals surface area contributed by atoms with Gasteiger partial charge in [0, 0.05) is 12.8 Å². The number of allylic oxidation sites excluding steroid dienone is 2. The molecule has 0 aliphatic carbocycles. The monoisotopic (exact) mass is 224 g/mol. The second-order valence-electron chi connectivity index (χ2n) is 7.11. The molecule has 0 radical (unpaired) electrons. The van der Waals surface area contributed by atoms with Gasteiger partial charge in [0.1, 0.15) is 5.78 Å². The third-order valence-electron chi connectivity index (χ3n) is 2.95. The van der Waals surface area contributed by atoms with Crippen LogP contribution in [0.2, 0.25) is 0 Å². The van der Waals surface area contributed by atoms with E-state index in [0.29, 0.717) is 18.6 Å². The van der Waals surface area contributed by atoms with E-state index >= 15 is 0 Å². The highest BCUT2D eigenvalue weighted by molar-refractivity contribution is 5.81. The Kier molecular flexibility index (Phi) is 4.97.